The third kappa shape index (κ3) is 2.57. The maximum Gasteiger partial charge on any atom is 0.307 e. The Balaban J connectivity index is 2.19. The third-order valence-electron chi connectivity index (χ3n) is 3.75. The van der Waals surface area contributed by atoms with Crippen LogP contribution in [-0.2, 0) is 19.6 Å². The van der Waals surface area contributed by atoms with Gasteiger partial charge in [0.1, 0.15) is 5.82 Å². The SMILES string of the molecule is COC(=O)C[C@H]1c2cc(F)ccc2S(=O)(=O)N1c1ccccc1. The third-order valence-corrected chi connectivity index (χ3v) is 5.66. The average molecular weight is 335 g/mol. The molecule has 0 fully saturated rings. The molecule has 120 valence electrons. The van der Waals surface area contributed by atoms with Crippen LogP contribution in [0.15, 0.2) is 53.4 Å². The lowest BCUT2D eigenvalue weighted by Gasteiger charge is -2.24. The number of carbonyl (C=O) groups excluding carboxylic acids is 1. The number of rotatable bonds is 3. The van der Waals surface area contributed by atoms with E-state index < -0.39 is 27.9 Å². The summed E-state index contributed by atoms with van der Waals surface area (Å²) in [5, 5.41) is 0. The second kappa shape index (κ2) is 5.66. The molecule has 0 amide bonds. The number of fused-ring (bicyclic) bond motifs is 1. The van der Waals surface area contributed by atoms with Gasteiger partial charge in [0, 0.05) is 0 Å². The number of anilines is 1. The van der Waals surface area contributed by atoms with Crippen LogP contribution in [0.25, 0.3) is 0 Å². The first-order chi connectivity index (χ1) is 10.9. The number of ether oxygens (including phenoxy) is 1. The summed E-state index contributed by atoms with van der Waals surface area (Å²) in [5.41, 5.74) is 0.678. The Kier molecular flexibility index (Phi) is 3.81. The molecule has 2 aromatic rings. The summed E-state index contributed by atoms with van der Waals surface area (Å²) in [6.45, 7) is 0. The van der Waals surface area contributed by atoms with E-state index in [9.17, 15) is 17.6 Å². The number of benzene rings is 2. The fourth-order valence-corrected chi connectivity index (χ4v) is 4.61. The highest BCUT2D eigenvalue weighted by Gasteiger charge is 2.44. The lowest BCUT2D eigenvalue weighted by atomic mass is 10.0. The van der Waals surface area contributed by atoms with Gasteiger partial charge in [-0.2, -0.15) is 0 Å². The summed E-state index contributed by atoms with van der Waals surface area (Å²) >= 11 is 0. The monoisotopic (exact) mass is 335 g/mol. The van der Waals surface area contributed by atoms with Gasteiger partial charge in [0.05, 0.1) is 30.2 Å². The van der Waals surface area contributed by atoms with Crippen molar-refractivity contribution < 1.29 is 22.3 Å². The largest absolute Gasteiger partial charge is 0.469 e. The van der Waals surface area contributed by atoms with Crippen LogP contribution in [0.4, 0.5) is 10.1 Å². The summed E-state index contributed by atoms with van der Waals surface area (Å²) in [6, 6.07) is 11.1. The normalized spacial score (nSPS) is 18.5. The van der Waals surface area contributed by atoms with Gasteiger partial charge in [0.2, 0.25) is 0 Å². The minimum atomic E-state index is -3.86. The first-order valence-corrected chi connectivity index (χ1v) is 8.35. The van der Waals surface area contributed by atoms with E-state index in [4.69, 9.17) is 0 Å². The van der Waals surface area contributed by atoms with Crippen LogP contribution in [0.1, 0.15) is 18.0 Å². The Labute approximate surface area is 133 Å². The summed E-state index contributed by atoms with van der Waals surface area (Å²) in [6.07, 6.45) is -0.193. The van der Waals surface area contributed by atoms with Crippen LogP contribution < -0.4 is 4.31 Å². The second-order valence-corrected chi connectivity index (χ2v) is 6.90. The maximum absolute atomic E-state index is 13.6. The number of halogens is 1. The first kappa shape index (κ1) is 15.5. The Bertz CT molecular complexity index is 852. The van der Waals surface area contributed by atoms with E-state index in [1.165, 1.54) is 13.2 Å². The smallest absolute Gasteiger partial charge is 0.307 e. The molecule has 1 aliphatic heterocycles. The molecule has 1 aliphatic rings. The van der Waals surface area contributed by atoms with Crippen LogP contribution in [0.3, 0.4) is 0 Å². The highest BCUT2D eigenvalue weighted by molar-refractivity contribution is 7.93. The molecule has 1 heterocycles. The first-order valence-electron chi connectivity index (χ1n) is 6.91. The number of sulfonamides is 1. The van der Waals surface area contributed by atoms with Gasteiger partial charge < -0.3 is 4.74 Å². The van der Waals surface area contributed by atoms with Crippen molar-refractivity contribution in [2.45, 2.75) is 17.4 Å². The van der Waals surface area contributed by atoms with Crippen LogP contribution in [-0.4, -0.2) is 21.5 Å². The minimum absolute atomic E-state index is 0.0108. The molecule has 0 bridgehead atoms. The molecule has 0 saturated heterocycles. The molecule has 0 spiro atoms. The van der Waals surface area contributed by atoms with Crippen LogP contribution in [0.2, 0.25) is 0 Å². The zero-order valence-electron chi connectivity index (χ0n) is 12.3. The number of para-hydroxylation sites is 1. The van der Waals surface area contributed by atoms with Crippen molar-refractivity contribution >= 4 is 21.7 Å². The fourth-order valence-electron chi connectivity index (χ4n) is 2.74. The molecule has 0 unspecified atom stereocenters. The molecular weight excluding hydrogens is 321 g/mol. The minimum Gasteiger partial charge on any atom is -0.469 e. The van der Waals surface area contributed by atoms with Gasteiger partial charge in [-0.3, -0.25) is 9.10 Å². The lowest BCUT2D eigenvalue weighted by Crippen LogP contribution is -2.29. The van der Waals surface area contributed by atoms with Gasteiger partial charge in [-0.25, -0.2) is 12.8 Å². The number of nitrogens with zero attached hydrogens (tertiary/aromatic N) is 1. The van der Waals surface area contributed by atoms with E-state index in [2.05, 4.69) is 4.74 Å². The predicted octanol–water partition coefficient (Wildman–Crippen LogP) is 2.64. The molecule has 23 heavy (non-hydrogen) atoms. The number of hydrogen-bond donors (Lipinski definition) is 0. The quantitative estimate of drug-likeness (QED) is 0.809. The summed E-state index contributed by atoms with van der Waals surface area (Å²) < 4.78 is 45.1. The van der Waals surface area contributed by atoms with Gasteiger partial charge in [0.15, 0.2) is 0 Å². The molecule has 2 aromatic carbocycles. The number of methoxy groups -OCH3 is 1. The Morgan fingerprint density at radius 2 is 1.91 bits per heavy atom. The van der Waals surface area contributed by atoms with Crippen molar-refractivity contribution in [2.75, 3.05) is 11.4 Å². The van der Waals surface area contributed by atoms with Gasteiger partial charge >= 0.3 is 5.97 Å². The molecule has 5 nitrogen and oxygen atoms in total. The Morgan fingerprint density at radius 1 is 1.22 bits per heavy atom. The Morgan fingerprint density at radius 3 is 2.57 bits per heavy atom. The van der Waals surface area contributed by atoms with Gasteiger partial charge in [-0.15, -0.1) is 0 Å². The zero-order chi connectivity index (χ0) is 16.6. The van der Waals surface area contributed by atoms with Crippen LogP contribution in [0.5, 0.6) is 0 Å². The van der Waals surface area contributed by atoms with Crippen LogP contribution in [0, 0.1) is 5.82 Å². The summed E-state index contributed by atoms with van der Waals surface area (Å²) in [5.74, 6) is -1.12. The highest BCUT2D eigenvalue weighted by atomic mass is 32.2. The lowest BCUT2D eigenvalue weighted by molar-refractivity contribution is -0.141. The number of esters is 1. The maximum atomic E-state index is 13.6. The van der Waals surface area contributed by atoms with Crippen LogP contribution >= 0.6 is 0 Å². The molecular formula is C16H14FNO4S. The van der Waals surface area contributed by atoms with Crippen molar-refractivity contribution in [1.29, 1.82) is 0 Å². The molecule has 0 N–H and O–H groups in total. The van der Waals surface area contributed by atoms with E-state index in [0.29, 0.717) is 5.69 Å². The van der Waals surface area contributed by atoms with Crippen molar-refractivity contribution in [2.24, 2.45) is 0 Å². The van der Waals surface area contributed by atoms with E-state index in [1.807, 2.05) is 0 Å². The molecule has 0 aromatic heterocycles. The topological polar surface area (TPSA) is 63.7 Å². The van der Waals surface area contributed by atoms with Crippen molar-refractivity contribution in [3.05, 3.63) is 59.9 Å². The van der Waals surface area contributed by atoms with Crippen molar-refractivity contribution in [3.63, 3.8) is 0 Å². The van der Waals surface area contributed by atoms with E-state index >= 15 is 0 Å². The molecule has 3 rings (SSSR count). The molecule has 0 saturated carbocycles. The molecule has 0 radical (unpaired) electrons. The van der Waals surface area contributed by atoms with Gasteiger partial charge in [-0.05, 0) is 35.9 Å². The average Bonchev–Trinajstić information content (AvgIpc) is 2.75. The summed E-state index contributed by atoms with van der Waals surface area (Å²) in [4.78, 5) is 11.7. The zero-order valence-corrected chi connectivity index (χ0v) is 13.1. The molecule has 1 atom stereocenters. The number of hydrogen-bond acceptors (Lipinski definition) is 4. The molecule has 7 heteroatoms. The van der Waals surface area contributed by atoms with Crippen molar-refractivity contribution in [1.82, 2.24) is 0 Å². The van der Waals surface area contributed by atoms with Crippen molar-refractivity contribution in [3.8, 4) is 0 Å². The van der Waals surface area contributed by atoms with E-state index in [1.54, 1.807) is 30.3 Å². The Hall–Kier alpha value is -2.41. The highest BCUT2D eigenvalue weighted by Crippen LogP contribution is 2.44. The van der Waals surface area contributed by atoms with Gasteiger partial charge in [0.25, 0.3) is 10.0 Å². The van der Waals surface area contributed by atoms with E-state index in [-0.39, 0.29) is 16.9 Å². The standard InChI is InChI=1S/C16H14FNO4S/c1-22-16(19)10-14-13-9-11(17)7-8-15(13)23(20,21)18(14)12-5-3-2-4-6-12/h2-9,14H,10H2,1H3/t14-/m0/s1. The fraction of sp³-hybridized carbons (Fsp3) is 0.188. The number of carbonyl (C=O) groups is 1. The summed E-state index contributed by atoms with van der Waals surface area (Å²) in [7, 11) is -2.63. The molecule has 0 aliphatic carbocycles. The van der Waals surface area contributed by atoms with Gasteiger partial charge in [-0.1, -0.05) is 18.2 Å². The predicted molar refractivity (Wildman–Crippen MR) is 81.9 cm³/mol. The second-order valence-electron chi connectivity index (χ2n) is 5.11. The van der Waals surface area contributed by atoms with E-state index in [0.717, 1.165) is 16.4 Å².